The number of likely N-dealkylation sites (tertiary alicyclic amines) is 1. The predicted molar refractivity (Wildman–Crippen MR) is 252 cm³/mol. The van der Waals surface area contributed by atoms with Crippen molar-refractivity contribution >= 4 is 53.5 Å². The largest absolute Gasteiger partial charge is 0.497 e. The fraction of sp³-hybridized carbons (Fsp3) is 0.277. The number of carbonyl (C=O) groups excluding carboxylic acids is 1. The number of hydrogen-bond donors (Lipinski definition) is 1. The lowest BCUT2D eigenvalue weighted by Crippen LogP contribution is -2.57. The average molecular weight is 982 g/mol. The van der Waals surface area contributed by atoms with Gasteiger partial charge in [0, 0.05) is 31.7 Å². The number of methoxy groups -OCH3 is 3. The number of sulfone groups is 1. The van der Waals surface area contributed by atoms with Gasteiger partial charge < -0.3 is 29.0 Å². The number of aromatic nitrogens is 5. The first-order chi connectivity index (χ1) is 32.4. The zero-order valence-electron chi connectivity index (χ0n) is 37.8. The third kappa shape index (κ3) is 9.87. The van der Waals surface area contributed by atoms with Crippen LogP contribution in [0.3, 0.4) is 0 Å². The van der Waals surface area contributed by atoms with E-state index in [2.05, 4.69) is 15.3 Å². The molecule has 7 aromatic rings. The Morgan fingerprint density at radius 2 is 1.32 bits per heavy atom. The monoisotopic (exact) mass is 981 g/mol. The molecule has 0 atom stereocenters. The third-order valence-corrected chi connectivity index (χ3v) is 16.2. The highest BCUT2D eigenvalue weighted by atomic mass is 32.2. The quantitative estimate of drug-likeness (QED) is 0.101. The zero-order valence-corrected chi connectivity index (χ0v) is 40.3. The van der Waals surface area contributed by atoms with Crippen molar-refractivity contribution in [3.63, 3.8) is 0 Å². The summed E-state index contributed by atoms with van der Waals surface area (Å²) in [4.78, 5) is 31.0. The van der Waals surface area contributed by atoms with Crippen molar-refractivity contribution in [1.82, 2.24) is 34.4 Å². The number of carboxylic acids is 1. The molecular formula is C47H47N7O11S3. The first-order valence-electron chi connectivity index (χ1n) is 21.1. The fourth-order valence-electron chi connectivity index (χ4n) is 7.57. The van der Waals surface area contributed by atoms with Gasteiger partial charge in [0.2, 0.25) is 20.9 Å². The SMILES string of the molecule is COc1ccc(CN(Cc2ccc(OC)cc2)S(=O)(=O)c2c(S(=O)(=O)C3CN(C(=O)OC(C)(C)C)C3)ccc(-c3cccc4sc(C(=O)O)nc34)c2-c2nnn(Cc3ccc(OC)cc3)n2)cc1. The molecule has 1 saturated heterocycles. The Hall–Kier alpha value is -6.94. The molecule has 0 saturated carbocycles. The number of amides is 1. The normalized spacial score (nSPS) is 13.4. The molecule has 0 unspecified atom stereocenters. The van der Waals surface area contributed by atoms with Crippen LogP contribution in [0.15, 0.2) is 113 Å². The number of fused-ring (bicyclic) bond motifs is 1. The smallest absolute Gasteiger partial charge is 0.410 e. The minimum atomic E-state index is -5.00. The number of rotatable bonds is 16. The van der Waals surface area contributed by atoms with Crippen LogP contribution in [0.25, 0.3) is 32.7 Å². The first-order valence-corrected chi connectivity index (χ1v) is 24.9. The Labute approximate surface area is 396 Å². The van der Waals surface area contributed by atoms with Crippen LogP contribution >= 0.6 is 11.3 Å². The molecule has 0 radical (unpaired) electrons. The van der Waals surface area contributed by atoms with E-state index in [1.807, 2.05) is 0 Å². The van der Waals surface area contributed by atoms with Crippen LogP contribution in [-0.4, -0.2) is 114 Å². The second-order valence-corrected chi connectivity index (χ2v) is 21.9. The highest BCUT2D eigenvalue weighted by Gasteiger charge is 2.46. The maximum atomic E-state index is 16.1. The van der Waals surface area contributed by atoms with E-state index in [1.165, 1.54) is 40.4 Å². The van der Waals surface area contributed by atoms with Gasteiger partial charge in [-0.15, -0.1) is 21.5 Å². The molecule has 0 aliphatic carbocycles. The molecular weight excluding hydrogens is 935 g/mol. The molecule has 68 heavy (non-hydrogen) atoms. The van der Waals surface area contributed by atoms with Crippen LogP contribution in [0.1, 0.15) is 47.3 Å². The molecule has 3 heterocycles. The lowest BCUT2D eigenvalue weighted by Gasteiger charge is -2.39. The van der Waals surface area contributed by atoms with Gasteiger partial charge in [-0.2, -0.15) is 9.10 Å². The van der Waals surface area contributed by atoms with E-state index in [4.69, 9.17) is 24.0 Å². The van der Waals surface area contributed by atoms with E-state index in [1.54, 1.807) is 119 Å². The number of ether oxygens (including phenoxy) is 4. The number of para-hydroxylation sites is 1. The van der Waals surface area contributed by atoms with Crippen LogP contribution in [0.2, 0.25) is 0 Å². The Morgan fingerprint density at radius 1 is 0.765 bits per heavy atom. The highest BCUT2D eigenvalue weighted by Crippen LogP contribution is 2.45. The van der Waals surface area contributed by atoms with Crippen molar-refractivity contribution < 1.29 is 50.5 Å². The molecule has 21 heteroatoms. The maximum absolute atomic E-state index is 16.1. The molecule has 0 spiro atoms. The van der Waals surface area contributed by atoms with Crippen LogP contribution in [0, 0.1) is 0 Å². The number of hydrogen-bond acceptors (Lipinski definition) is 15. The zero-order chi connectivity index (χ0) is 48.5. The number of benzene rings is 5. The Kier molecular flexibility index (Phi) is 13.3. The molecule has 1 fully saturated rings. The van der Waals surface area contributed by atoms with Crippen molar-refractivity contribution in [2.45, 2.75) is 61.0 Å². The number of thiazole rings is 1. The molecule has 18 nitrogen and oxygen atoms in total. The van der Waals surface area contributed by atoms with E-state index in [-0.39, 0.29) is 65.8 Å². The first kappa shape index (κ1) is 47.5. The Balaban J connectivity index is 1.38. The lowest BCUT2D eigenvalue weighted by molar-refractivity contribution is 0.0138. The number of tetrazole rings is 1. The molecule has 1 N–H and O–H groups in total. The summed E-state index contributed by atoms with van der Waals surface area (Å²) < 4.78 is 85.9. The molecule has 5 aromatic carbocycles. The topological polar surface area (TPSA) is 223 Å². The minimum Gasteiger partial charge on any atom is -0.497 e. The number of carboxylic acid groups (broad SMARTS) is 1. The standard InChI is InChI=1S/C47H47N7O11S3/c1-47(2,3)65-46(57)52-27-35(28-52)67(58,59)39-23-22-36(37-8-7-9-38-41(37)48-44(66-38)45(55)56)40(43-49-51-54(50-43)26-31-14-20-34(64-6)21-15-31)42(39)68(60,61)53(24-29-10-16-32(62-4)17-11-29)25-30-12-18-33(63-5)19-13-30/h7-23,35H,24-28H2,1-6H3,(H,55,56). The second kappa shape index (κ2) is 19.0. The molecule has 0 bridgehead atoms. The summed E-state index contributed by atoms with van der Waals surface area (Å²) in [6.07, 6.45) is -0.715. The van der Waals surface area contributed by atoms with Crippen molar-refractivity contribution in [2.24, 2.45) is 0 Å². The summed E-state index contributed by atoms with van der Waals surface area (Å²) in [6, 6.07) is 28.4. The van der Waals surface area contributed by atoms with Crippen molar-refractivity contribution in [3.8, 4) is 39.8 Å². The van der Waals surface area contributed by atoms with Gasteiger partial charge in [-0.25, -0.2) is 31.4 Å². The molecule has 354 valence electrons. The van der Waals surface area contributed by atoms with Crippen molar-refractivity contribution in [3.05, 3.63) is 125 Å². The van der Waals surface area contributed by atoms with E-state index in [0.29, 0.717) is 33.1 Å². The van der Waals surface area contributed by atoms with Crippen LogP contribution in [0.4, 0.5) is 4.79 Å². The minimum absolute atomic E-state index is 0.0830. The summed E-state index contributed by atoms with van der Waals surface area (Å²) in [7, 11) is -5.06. The summed E-state index contributed by atoms with van der Waals surface area (Å²) in [5.74, 6) is 0.184. The summed E-state index contributed by atoms with van der Waals surface area (Å²) in [6.45, 7) is 4.13. The number of nitrogens with zero attached hydrogens (tertiary/aromatic N) is 7. The van der Waals surface area contributed by atoms with Gasteiger partial charge in [0.15, 0.2) is 9.84 Å². The summed E-state index contributed by atoms with van der Waals surface area (Å²) in [5.41, 5.74) is 1.42. The summed E-state index contributed by atoms with van der Waals surface area (Å²) >= 11 is 0.924. The van der Waals surface area contributed by atoms with E-state index < -0.39 is 52.6 Å². The van der Waals surface area contributed by atoms with Gasteiger partial charge in [0.05, 0.1) is 48.5 Å². The number of aromatic carboxylic acids is 1. The molecule has 1 aliphatic rings. The Bertz CT molecular complexity index is 3170. The van der Waals surface area contributed by atoms with Crippen LogP contribution in [-0.2, 0) is 44.2 Å². The van der Waals surface area contributed by atoms with Gasteiger partial charge in [0.25, 0.3) is 0 Å². The van der Waals surface area contributed by atoms with Gasteiger partial charge in [-0.05, 0) is 96.8 Å². The highest BCUT2D eigenvalue weighted by molar-refractivity contribution is 7.94. The molecule has 2 aromatic heterocycles. The van der Waals surface area contributed by atoms with Gasteiger partial charge >= 0.3 is 12.1 Å². The maximum Gasteiger partial charge on any atom is 0.410 e. The summed E-state index contributed by atoms with van der Waals surface area (Å²) in [5, 5.41) is 21.9. The van der Waals surface area contributed by atoms with Crippen LogP contribution < -0.4 is 14.2 Å². The van der Waals surface area contributed by atoms with E-state index >= 15 is 16.8 Å². The van der Waals surface area contributed by atoms with Gasteiger partial charge in [-0.1, -0.05) is 54.6 Å². The fourth-order valence-corrected chi connectivity index (χ4v) is 12.5. The van der Waals surface area contributed by atoms with Gasteiger partial charge in [-0.3, -0.25) is 0 Å². The lowest BCUT2D eigenvalue weighted by atomic mass is 9.98. The molecule has 8 rings (SSSR count). The second-order valence-electron chi connectivity index (χ2n) is 16.8. The molecule has 1 aliphatic heterocycles. The molecule has 1 amide bonds. The van der Waals surface area contributed by atoms with Crippen molar-refractivity contribution in [2.75, 3.05) is 34.4 Å². The van der Waals surface area contributed by atoms with E-state index in [9.17, 15) is 14.7 Å². The number of carbonyl (C=O) groups is 2. The third-order valence-electron chi connectivity index (χ3n) is 11.1. The van der Waals surface area contributed by atoms with Gasteiger partial charge in [0.1, 0.15) is 33.0 Å². The number of sulfonamides is 1. The Morgan fingerprint density at radius 3 is 1.85 bits per heavy atom. The average Bonchev–Trinajstić information content (AvgIpc) is 3.96. The van der Waals surface area contributed by atoms with E-state index in [0.717, 1.165) is 16.9 Å². The van der Waals surface area contributed by atoms with Crippen molar-refractivity contribution in [1.29, 1.82) is 0 Å². The van der Waals surface area contributed by atoms with Crippen LogP contribution in [0.5, 0.6) is 17.2 Å². The predicted octanol–water partition coefficient (Wildman–Crippen LogP) is 7.17.